The fourth-order valence-corrected chi connectivity index (χ4v) is 2.18. The highest BCUT2D eigenvalue weighted by Crippen LogP contribution is 2.25. The number of aromatic nitrogens is 2. The van der Waals surface area contributed by atoms with Gasteiger partial charge in [0.2, 0.25) is 0 Å². The van der Waals surface area contributed by atoms with Gasteiger partial charge < -0.3 is 9.30 Å². The van der Waals surface area contributed by atoms with Gasteiger partial charge in [-0.15, -0.1) is 0 Å². The summed E-state index contributed by atoms with van der Waals surface area (Å²) in [6.07, 6.45) is 1.22. The highest BCUT2D eigenvalue weighted by Gasteiger charge is 2.32. The van der Waals surface area contributed by atoms with Gasteiger partial charge in [0.05, 0.1) is 24.5 Å². The van der Waals surface area contributed by atoms with E-state index in [-0.39, 0.29) is 11.9 Å². The molecule has 0 unspecified atom stereocenters. The number of nitrogens with one attached hydrogen (secondary N) is 1. The van der Waals surface area contributed by atoms with Crippen LogP contribution in [0.4, 0.5) is 4.79 Å². The van der Waals surface area contributed by atoms with Crippen molar-refractivity contribution in [1.82, 2.24) is 14.5 Å². The second kappa shape index (κ2) is 9.96. The summed E-state index contributed by atoms with van der Waals surface area (Å²) in [7, 11) is 1.83. The van der Waals surface area contributed by atoms with Gasteiger partial charge in [-0.3, -0.25) is 10.3 Å². The fourth-order valence-electron chi connectivity index (χ4n) is 2.18. The summed E-state index contributed by atoms with van der Waals surface area (Å²) in [6, 6.07) is 0. The molecule has 7 heteroatoms. The largest absolute Gasteiger partial charge is 0.444 e. The molecule has 0 saturated carbocycles. The average Bonchev–Trinajstić information content (AvgIpc) is 3.10. The van der Waals surface area contributed by atoms with Gasteiger partial charge in [0, 0.05) is 13.3 Å². The molecule has 142 valence electrons. The summed E-state index contributed by atoms with van der Waals surface area (Å²) < 4.78 is 7.18. The molecular weight excluding hydrogens is 318 g/mol. The molecule has 1 N–H and O–H groups in total. The van der Waals surface area contributed by atoms with Gasteiger partial charge in [0.1, 0.15) is 5.60 Å². The Morgan fingerprint density at radius 3 is 2.24 bits per heavy atom. The SMILES string of the molecule is CC.CC.CC=NC(=N)c1nc2c(n1C)CN(C(=O)OC(C)(C)C)C2. The Morgan fingerprint density at radius 2 is 1.80 bits per heavy atom. The van der Waals surface area contributed by atoms with Crippen LogP contribution >= 0.6 is 0 Å². The summed E-state index contributed by atoms with van der Waals surface area (Å²) in [5.41, 5.74) is 1.21. The van der Waals surface area contributed by atoms with E-state index in [1.807, 2.05) is 60.1 Å². The first-order valence-corrected chi connectivity index (χ1v) is 8.83. The van der Waals surface area contributed by atoms with Crippen molar-refractivity contribution in [1.29, 1.82) is 5.41 Å². The normalized spacial score (nSPS) is 12.8. The first kappa shape index (κ1) is 22.8. The van der Waals surface area contributed by atoms with Crippen LogP contribution < -0.4 is 0 Å². The van der Waals surface area contributed by atoms with Crippen molar-refractivity contribution in [3.05, 3.63) is 17.2 Å². The summed E-state index contributed by atoms with van der Waals surface area (Å²) in [5, 5.41) is 7.85. The third kappa shape index (κ3) is 5.99. The molecule has 0 bridgehead atoms. The van der Waals surface area contributed by atoms with Crippen molar-refractivity contribution in [2.45, 2.75) is 74.1 Å². The molecule has 2 heterocycles. The minimum atomic E-state index is -0.511. The number of nitrogens with zero attached hydrogens (tertiary/aromatic N) is 4. The van der Waals surface area contributed by atoms with Gasteiger partial charge in [0.15, 0.2) is 11.7 Å². The van der Waals surface area contributed by atoms with Crippen molar-refractivity contribution in [2.24, 2.45) is 12.0 Å². The van der Waals surface area contributed by atoms with E-state index in [1.165, 1.54) is 0 Å². The van der Waals surface area contributed by atoms with Gasteiger partial charge >= 0.3 is 6.09 Å². The number of carbonyl (C=O) groups excluding carboxylic acids is 1. The van der Waals surface area contributed by atoms with Crippen molar-refractivity contribution < 1.29 is 9.53 Å². The van der Waals surface area contributed by atoms with Crippen LogP contribution in [0, 0.1) is 5.41 Å². The summed E-state index contributed by atoms with van der Waals surface area (Å²) in [4.78, 5) is 22.0. The van der Waals surface area contributed by atoms with Crippen LogP contribution in [0.1, 0.15) is 72.6 Å². The Hall–Kier alpha value is -2.18. The summed E-state index contributed by atoms with van der Waals surface area (Å²) >= 11 is 0. The Bertz CT molecular complexity index is 612. The number of hydrogen-bond donors (Lipinski definition) is 1. The van der Waals surface area contributed by atoms with Gasteiger partial charge in [0.25, 0.3) is 0 Å². The zero-order chi connectivity index (χ0) is 19.8. The van der Waals surface area contributed by atoms with E-state index >= 15 is 0 Å². The van der Waals surface area contributed by atoms with Crippen molar-refractivity contribution in [3.63, 3.8) is 0 Å². The standard InChI is InChI=1S/C14H21N5O2.2C2H6/c1-6-16-11(15)12-17-9-7-19(8-10(9)18(12)5)13(20)21-14(2,3)4;2*1-2/h6,15H,7-8H2,1-5H3;2*1-2H3. The number of carbonyl (C=O) groups is 1. The lowest BCUT2D eigenvalue weighted by atomic mass is 10.2. The highest BCUT2D eigenvalue weighted by molar-refractivity contribution is 5.98. The second-order valence-corrected chi connectivity index (χ2v) is 5.96. The van der Waals surface area contributed by atoms with Crippen LogP contribution in [0.2, 0.25) is 0 Å². The molecule has 1 aromatic rings. The number of rotatable bonds is 1. The van der Waals surface area contributed by atoms with Gasteiger partial charge in [-0.1, -0.05) is 27.7 Å². The van der Waals surface area contributed by atoms with Crippen molar-refractivity contribution >= 4 is 18.1 Å². The second-order valence-electron chi connectivity index (χ2n) is 5.96. The molecular formula is C18H33N5O2. The van der Waals surface area contributed by atoms with E-state index in [1.54, 1.807) is 18.0 Å². The van der Waals surface area contributed by atoms with Crippen LogP contribution in [0.15, 0.2) is 4.99 Å². The molecule has 0 aliphatic carbocycles. The number of amides is 1. The Morgan fingerprint density at radius 1 is 1.24 bits per heavy atom. The number of fused-ring (bicyclic) bond motifs is 1. The average molecular weight is 351 g/mol. The van der Waals surface area contributed by atoms with E-state index < -0.39 is 5.60 Å². The predicted octanol–water partition coefficient (Wildman–Crippen LogP) is 4.14. The lowest BCUT2D eigenvalue weighted by molar-refractivity contribution is 0.0237. The predicted molar refractivity (Wildman–Crippen MR) is 102 cm³/mol. The maximum Gasteiger partial charge on any atom is 0.410 e. The maximum atomic E-state index is 12.1. The molecule has 25 heavy (non-hydrogen) atoms. The van der Waals surface area contributed by atoms with E-state index in [0.29, 0.717) is 18.9 Å². The van der Waals surface area contributed by atoms with E-state index in [4.69, 9.17) is 10.1 Å². The lowest BCUT2D eigenvalue weighted by Crippen LogP contribution is -2.34. The van der Waals surface area contributed by atoms with E-state index in [2.05, 4.69) is 9.98 Å². The summed E-state index contributed by atoms with van der Waals surface area (Å²) in [5.74, 6) is 0.639. The number of hydrogen-bond acceptors (Lipinski definition) is 4. The molecule has 0 atom stereocenters. The molecule has 0 radical (unpaired) electrons. The minimum Gasteiger partial charge on any atom is -0.444 e. The van der Waals surface area contributed by atoms with Crippen LogP contribution in [0.5, 0.6) is 0 Å². The third-order valence-corrected chi connectivity index (χ3v) is 3.10. The monoisotopic (exact) mass is 351 g/mol. The molecule has 1 aliphatic heterocycles. The molecule has 7 nitrogen and oxygen atoms in total. The Kier molecular flexibility index (Phi) is 9.09. The topological polar surface area (TPSA) is 83.6 Å². The number of amidine groups is 1. The smallest absolute Gasteiger partial charge is 0.410 e. The minimum absolute atomic E-state index is 0.123. The first-order chi connectivity index (χ1) is 11.7. The van der Waals surface area contributed by atoms with E-state index in [9.17, 15) is 4.79 Å². The molecule has 0 fully saturated rings. The van der Waals surface area contributed by atoms with Gasteiger partial charge in [-0.25, -0.2) is 14.8 Å². The van der Waals surface area contributed by atoms with E-state index in [0.717, 1.165) is 11.4 Å². The molecule has 0 aromatic carbocycles. The fraction of sp³-hybridized carbons (Fsp3) is 0.667. The third-order valence-electron chi connectivity index (χ3n) is 3.10. The molecule has 1 aromatic heterocycles. The van der Waals surface area contributed by atoms with Gasteiger partial charge in [-0.2, -0.15) is 0 Å². The number of imidazole rings is 1. The Labute approximate surface area is 151 Å². The van der Waals surface area contributed by atoms with Crippen LogP contribution in [0.25, 0.3) is 0 Å². The van der Waals surface area contributed by atoms with Crippen LogP contribution in [-0.2, 0) is 24.9 Å². The molecule has 1 amide bonds. The quantitative estimate of drug-likeness (QED) is 0.609. The molecule has 0 spiro atoms. The Balaban J connectivity index is 0.00000134. The highest BCUT2D eigenvalue weighted by atomic mass is 16.6. The van der Waals surface area contributed by atoms with Crippen molar-refractivity contribution in [2.75, 3.05) is 0 Å². The van der Waals surface area contributed by atoms with Crippen LogP contribution in [0.3, 0.4) is 0 Å². The molecule has 2 rings (SSSR count). The zero-order valence-electron chi connectivity index (χ0n) is 17.1. The first-order valence-electron chi connectivity index (χ1n) is 8.83. The molecule has 1 aliphatic rings. The number of ether oxygens (including phenoxy) is 1. The lowest BCUT2D eigenvalue weighted by Gasteiger charge is -2.24. The molecule has 0 saturated heterocycles. The maximum absolute atomic E-state index is 12.1. The zero-order valence-corrected chi connectivity index (χ0v) is 17.1. The van der Waals surface area contributed by atoms with Crippen LogP contribution in [-0.4, -0.2) is 38.2 Å². The summed E-state index contributed by atoms with van der Waals surface area (Å²) in [6.45, 7) is 16.1. The van der Waals surface area contributed by atoms with Crippen molar-refractivity contribution in [3.8, 4) is 0 Å². The number of aliphatic imine (C=N–C) groups is 1. The van der Waals surface area contributed by atoms with Gasteiger partial charge in [-0.05, 0) is 27.7 Å².